The zero-order valence-corrected chi connectivity index (χ0v) is 13.8. The molecule has 2 fully saturated rings. The van der Waals surface area contributed by atoms with Crippen LogP contribution in [0.25, 0.3) is 0 Å². The predicted molar refractivity (Wildman–Crippen MR) is 82.6 cm³/mol. The minimum atomic E-state index is -0.500. The van der Waals surface area contributed by atoms with Crippen LogP contribution in [-0.2, 0) is 0 Å². The molecule has 0 aromatic carbocycles. The van der Waals surface area contributed by atoms with Gasteiger partial charge in [-0.2, -0.15) is 0 Å². The summed E-state index contributed by atoms with van der Waals surface area (Å²) in [5, 5.41) is 14.7. The lowest BCUT2D eigenvalue weighted by Crippen LogP contribution is -2.61. The maximum Gasteiger partial charge on any atom is 0.259 e. The maximum absolute atomic E-state index is 12.7. The SMILES string of the molecule is CCCC1(O)CCC12CCN(C(=O)c1c(C)noc1C)CC2. The van der Waals surface area contributed by atoms with E-state index < -0.39 is 5.60 Å². The van der Waals surface area contributed by atoms with Crippen LogP contribution in [0.1, 0.15) is 67.3 Å². The third-order valence-electron chi connectivity index (χ3n) is 5.92. The van der Waals surface area contributed by atoms with E-state index in [2.05, 4.69) is 12.1 Å². The molecule has 1 N–H and O–H groups in total. The van der Waals surface area contributed by atoms with Crippen LogP contribution in [0.3, 0.4) is 0 Å². The molecule has 1 atom stereocenters. The molecule has 1 aromatic rings. The highest BCUT2D eigenvalue weighted by Crippen LogP contribution is 2.58. The van der Waals surface area contributed by atoms with Crippen molar-refractivity contribution in [3.63, 3.8) is 0 Å². The minimum absolute atomic E-state index is 0.0180. The Kier molecular flexibility index (Phi) is 3.79. The first kappa shape index (κ1) is 15.5. The van der Waals surface area contributed by atoms with E-state index in [1.165, 1.54) is 0 Å². The molecule has 22 heavy (non-hydrogen) atoms. The second kappa shape index (κ2) is 5.37. The van der Waals surface area contributed by atoms with Gasteiger partial charge in [-0.25, -0.2) is 0 Å². The van der Waals surface area contributed by atoms with Crippen LogP contribution in [0.15, 0.2) is 4.52 Å². The fourth-order valence-corrected chi connectivity index (χ4v) is 4.37. The lowest BCUT2D eigenvalue weighted by atomic mass is 9.51. The van der Waals surface area contributed by atoms with Gasteiger partial charge in [0.1, 0.15) is 11.3 Å². The molecule has 1 saturated carbocycles. The molecule has 122 valence electrons. The molecule has 2 heterocycles. The molecule has 1 saturated heterocycles. The summed E-state index contributed by atoms with van der Waals surface area (Å²) in [7, 11) is 0. The Morgan fingerprint density at radius 1 is 1.27 bits per heavy atom. The molecule has 0 bridgehead atoms. The first-order chi connectivity index (χ1) is 10.4. The van der Waals surface area contributed by atoms with Crippen LogP contribution in [-0.4, -0.2) is 39.8 Å². The van der Waals surface area contributed by atoms with Crippen LogP contribution in [0, 0.1) is 19.3 Å². The van der Waals surface area contributed by atoms with Gasteiger partial charge in [-0.1, -0.05) is 18.5 Å². The molecule has 3 rings (SSSR count). The predicted octanol–water partition coefficient (Wildman–Crippen LogP) is 2.84. The van der Waals surface area contributed by atoms with E-state index in [0.29, 0.717) is 17.0 Å². The number of carbonyl (C=O) groups excluding carboxylic acids is 1. The Labute approximate surface area is 131 Å². The van der Waals surface area contributed by atoms with Gasteiger partial charge in [0.15, 0.2) is 0 Å². The van der Waals surface area contributed by atoms with Gasteiger partial charge in [0.2, 0.25) is 0 Å². The number of aromatic nitrogens is 1. The Morgan fingerprint density at radius 3 is 2.41 bits per heavy atom. The van der Waals surface area contributed by atoms with Gasteiger partial charge in [0, 0.05) is 18.5 Å². The van der Waals surface area contributed by atoms with Crippen molar-refractivity contribution < 1.29 is 14.4 Å². The van der Waals surface area contributed by atoms with Gasteiger partial charge in [-0.3, -0.25) is 4.79 Å². The van der Waals surface area contributed by atoms with Crippen LogP contribution in [0.4, 0.5) is 0 Å². The van der Waals surface area contributed by atoms with Gasteiger partial charge >= 0.3 is 0 Å². The number of aliphatic hydroxyl groups is 1. The number of carbonyl (C=O) groups is 1. The quantitative estimate of drug-likeness (QED) is 0.932. The number of hydrogen-bond acceptors (Lipinski definition) is 4. The van der Waals surface area contributed by atoms with Crippen LogP contribution in [0.5, 0.6) is 0 Å². The molecular weight excluding hydrogens is 280 g/mol. The van der Waals surface area contributed by atoms with E-state index in [9.17, 15) is 9.90 Å². The smallest absolute Gasteiger partial charge is 0.259 e. The first-order valence-corrected chi connectivity index (χ1v) is 8.37. The van der Waals surface area contributed by atoms with Crippen molar-refractivity contribution in [2.75, 3.05) is 13.1 Å². The van der Waals surface area contributed by atoms with Crippen LogP contribution in [0.2, 0.25) is 0 Å². The molecule has 0 radical (unpaired) electrons. The summed E-state index contributed by atoms with van der Waals surface area (Å²) in [5.41, 5.74) is 0.806. The van der Waals surface area contributed by atoms with E-state index >= 15 is 0 Å². The van der Waals surface area contributed by atoms with Gasteiger partial charge in [0.05, 0.1) is 11.3 Å². The summed E-state index contributed by atoms with van der Waals surface area (Å²) in [5.74, 6) is 0.610. The molecule has 1 amide bonds. The zero-order chi connectivity index (χ0) is 16.0. The van der Waals surface area contributed by atoms with Gasteiger partial charge in [0.25, 0.3) is 5.91 Å². The molecule has 1 aliphatic heterocycles. The minimum Gasteiger partial charge on any atom is -0.389 e. The van der Waals surface area contributed by atoms with E-state index in [4.69, 9.17) is 4.52 Å². The fourth-order valence-electron chi connectivity index (χ4n) is 4.37. The molecule has 2 aliphatic rings. The second-order valence-electron chi connectivity index (χ2n) is 7.05. The average Bonchev–Trinajstić information content (AvgIpc) is 2.85. The highest BCUT2D eigenvalue weighted by atomic mass is 16.5. The van der Waals surface area contributed by atoms with Crippen molar-refractivity contribution in [2.45, 2.75) is 64.9 Å². The highest BCUT2D eigenvalue weighted by Gasteiger charge is 2.58. The highest BCUT2D eigenvalue weighted by molar-refractivity contribution is 5.96. The molecule has 1 aliphatic carbocycles. The molecule has 5 heteroatoms. The molecule has 1 aromatic heterocycles. The number of likely N-dealkylation sites (tertiary alicyclic amines) is 1. The summed E-state index contributed by atoms with van der Waals surface area (Å²) < 4.78 is 5.11. The third kappa shape index (κ3) is 2.18. The summed E-state index contributed by atoms with van der Waals surface area (Å²) in [6.45, 7) is 7.15. The second-order valence-corrected chi connectivity index (χ2v) is 7.05. The normalized spacial score (nSPS) is 27.0. The molecular formula is C17H26N2O3. The van der Waals surface area contributed by atoms with E-state index in [1.54, 1.807) is 13.8 Å². The van der Waals surface area contributed by atoms with Crippen molar-refractivity contribution >= 4 is 5.91 Å². The summed E-state index contributed by atoms with van der Waals surface area (Å²) in [6.07, 6.45) is 5.71. The standard InChI is InChI=1S/C17H26N2O3/c1-4-5-17(21)7-6-16(17)8-10-19(11-9-16)15(20)14-12(2)18-22-13(14)3/h21H,4-11H2,1-3H3. The Bertz CT molecular complexity index is 553. The van der Waals surface area contributed by atoms with E-state index in [1.807, 2.05) is 4.90 Å². The van der Waals surface area contributed by atoms with Crippen molar-refractivity contribution in [3.8, 4) is 0 Å². The number of piperidine rings is 1. The van der Waals surface area contributed by atoms with Gasteiger partial charge in [-0.15, -0.1) is 0 Å². The Hall–Kier alpha value is -1.36. The topological polar surface area (TPSA) is 66.6 Å². The largest absolute Gasteiger partial charge is 0.389 e. The molecule has 1 unspecified atom stereocenters. The van der Waals surface area contributed by atoms with Crippen molar-refractivity contribution in [2.24, 2.45) is 5.41 Å². The van der Waals surface area contributed by atoms with Gasteiger partial charge in [-0.05, 0) is 46.0 Å². The molecule has 5 nitrogen and oxygen atoms in total. The number of amides is 1. The van der Waals surface area contributed by atoms with Crippen LogP contribution >= 0.6 is 0 Å². The fraction of sp³-hybridized carbons (Fsp3) is 0.765. The Morgan fingerprint density at radius 2 is 1.95 bits per heavy atom. The van der Waals surface area contributed by atoms with Crippen LogP contribution < -0.4 is 0 Å². The summed E-state index contributed by atoms with van der Waals surface area (Å²) in [4.78, 5) is 14.6. The number of rotatable bonds is 3. The number of aryl methyl sites for hydroxylation is 2. The monoisotopic (exact) mass is 306 g/mol. The third-order valence-corrected chi connectivity index (χ3v) is 5.92. The average molecular weight is 306 g/mol. The lowest BCUT2D eigenvalue weighted by molar-refractivity contribution is -0.191. The molecule has 1 spiro atoms. The van der Waals surface area contributed by atoms with Crippen molar-refractivity contribution in [3.05, 3.63) is 17.0 Å². The number of hydrogen-bond donors (Lipinski definition) is 1. The summed E-state index contributed by atoms with van der Waals surface area (Å²) >= 11 is 0. The number of nitrogens with zero attached hydrogens (tertiary/aromatic N) is 2. The lowest BCUT2D eigenvalue weighted by Gasteiger charge is -2.59. The van der Waals surface area contributed by atoms with Crippen molar-refractivity contribution in [1.29, 1.82) is 0 Å². The van der Waals surface area contributed by atoms with Gasteiger partial charge < -0.3 is 14.5 Å². The maximum atomic E-state index is 12.7. The Balaban J connectivity index is 1.69. The van der Waals surface area contributed by atoms with E-state index in [0.717, 1.165) is 51.6 Å². The zero-order valence-electron chi connectivity index (χ0n) is 13.8. The van der Waals surface area contributed by atoms with E-state index in [-0.39, 0.29) is 11.3 Å². The van der Waals surface area contributed by atoms with Crippen molar-refractivity contribution in [1.82, 2.24) is 10.1 Å². The first-order valence-electron chi connectivity index (χ1n) is 8.37. The summed E-state index contributed by atoms with van der Waals surface area (Å²) in [6, 6.07) is 0.